The van der Waals surface area contributed by atoms with E-state index in [1.807, 2.05) is 0 Å². The average molecular weight is 412 g/mol. The van der Waals surface area contributed by atoms with Crippen LogP contribution < -0.4 is 5.32 Å². The summed E-state index contributed by atoms with van der Waals surface area (Å²) in [5.41, 5.74) is 4.29. The highest BCUT2D eigenvalue weighted by Crippen LogP contribution is 2.42. The highest BCUT2D eigenvalue weighted by Gasteiger charge is 2.34. The van der Waals surface area contributed by atoms with E-state index in [1.54, 1.807) is 0 Å². The van der Waals surface area contributed by atoms with Crippen molar-refractivity contribution in [1.29, 1.82) is 0 Å². The van der Waals surface area contributed by atoms with Crippen LogP contribution in [0.3, 0.4) is 0 Å². The Labute approximate surface area is 183 Å². The van der Waals surface area contributed by atoms with Gasteiger partial charge in [0.1, 0.15) is 5.69 Å². The van der Waals surface area contributed by atoms with Crippen LogP contribution in [0.4, 0.5) is 5.82 Å². The fourth-order valence-corrected chi connectivity index (χ4v) is 5.45. The fourth-order valence-electron chi connectivity index (χ4n) is 5.45. The highest BCUT2D eigenvalue weighted by molar-refractivity contribution is 5.91. The molecule has 2 aliphatic carbocycles. The van der Waals surface area contributed by atoms with Crippen molar-refractivity contribution in [2.24, 2.45) is 17.8 Å². The molecule has 0 spiro atoms. The lowest BCUT2D eigenvalue weighted by molar-refractivity contribution is -0.117. The van der Waals surface area contributed by atoms with Gasteiger partial charge in [-0.25, -0.2) is 9.97 Å². The Balaban J connectivity index is 1.88. The molecule has 1 aromatic rings. The number of nitrogens with zero attached hydrogens (tertiary/aromatic N) is 2. The Bertz CT molecular complexity index is 758. The van der Waals surface area contributed by atoms with Gasteiger partial charge in [0.25, 0.3) is 0 Å². The molecule has 4 nitrogen and oxygen atoms in total. The zero-order chi connectivity index (χ0) is 21.7. The van der Waals surface area contributed by atoms with Gasteiger partial charge in [-0.3, -0.25) is 4.79 Å². The molecule has 1 aromatic heterocycles. The second-order valence-electron chi connectivity index (χ2n) is 10.1. The van der Waals surface area contributed by atoms with E-state index in [0.717, 1.165) is 30.7 Å². The predicted molar refractivity (Wildman–Crippen MR) is 125 cm³/mol. The summed E-state index contributed by atoms with van der Waals surface area (Å²) < 4.78 is 0. The van der Waals surface area contributed by atoms with Crippen LogP contribution in [-0.2, 0) is 11.2 Å². The van der Waals surface area contributed by atoms with E-state index in [4.69, 9.17) is 9.97 Å². The Morgan fingerprint density at radius 3 is 2.50 bits per heavy atom. The number of carbonyl (C=O) groups excluding carboxylic acids is 1. The van der Waals surface area contributed by atoms with Crippen molar-refractivity contribution >= 4 is 17.8 Å². The van der Waals surface area contributed by atoms with E-state index in [2.05, 4.69) is 46.0 Å². The summed E-state index contributed by atoms with van der Waals surface area (Å²) >= 11 is 0. The second-order valence-corrected chi connectivity index (χ2v) is 10.1. The van der Waals surface area contributed by atoms with Gasteiger partial charge in [-0.1, -0.05) is 52.0 Å². The Morgan fingerprint density at radius 1 is 1.13 bits per heavy atom. The van der Waals surface area contributed by atoms with E-state index in [1.165, 1.54) is 49.8 Å². The number of carbonyl (C=O) groups is 1. The molecule has 2 aliphatic rings. The molecule has 0 aromatic carbocycles. The fraction of sp³-hybridized carbons (Fsp3) is 0.731. The lowest BCUT2D eigenvalue weighted by Gasteiger charge is -2.35. The van der Waals surface area contributed by atoms with Gasteiger partial charge < -0.3 is 5.32 Å². The van der Waals surface area contributed by atoms with Crippen LogP contribution in [0.1, 0.15) is 115 Å². The number of amides is 1. The van der Waals surface area contributed by atoms with Gasteiger partial charge >= 0.3 is 0 Å². The largest absolute Gasteiger partial charge is 0.309 e. The maximum atomic E-state index is 12.8. The standard InChI is InChI=1S/C26H41N3O/c1-6-10-21-20(18(4)5)13-14-22-25(21)27-23(15-17(2)3)26(28-22)29-24(30)16-19-11-8-7-9-12-19/h15,18-21H,6-14,16H2,1-5H3,(H,28,29,30). The van der Waals surface area contributed by atoms with Gasteiger partial charge in [0, 0.05) is 12.3 Å². The van der Waals surface area contributed by atoms with Crippen molar-refractivity contribution < 1.29 is 4.79 Å². The summed E-state index contributed by atoms with van der Waals surface area (Å²) in [5, 5.41) is 3.14. The third-order valence-electron chi connectivity index (χ3n) is 6.95. The van der Waals surface area contributed by atoms with Gasteiger partial charge in [0.05, 0.1) is 11.4 Å². The molecule has 1 amide bonds. The molecular weight excluding hydrogens is 370 g/mol. The number of hydrogen-bond acceptors (Lipinski definition) is 3. The molecule has 0 saturated heterocycles. The van der Waals surface area contributed by atoms with Crippen LogP contribution in [0.15, 0.2) is 5.57 Å². The normalized spacial score (nSPS) is 21.9. The molecule has 3 rings (SSSR count). The van der Waals surface area contributed by atoms with Gasteiger partial charge in [-0.15, -0.1) is 0 Å². The number of allylic oxidation sites excluding steroid dienone is 1. The van der Waals surface area contributed by atoms with E-state index in [9.17, 15) is 4.79 Å². The topological polar surface area (TPSA) is 54.9 Å². The van der Waals surface area contributed by atoms with Crippen LogP contribution in [0.2, 0.25) is 0 Å². The van der Waals surface area contributed by atoms with Gasteiger partial charge in [-0.05, 0) is 69.8 Å². The number of nitrogens with one attached hydrogen (secondary N) is 1. The second kappa shape index (κ2) is 10.5. The zero-order valence-electron chi connectivity index (χ0n) is 19.8. The number of fused-ring (bicyclic) bond motifs is 1. The van der Waals surface area contributed by atoms with E-state index < -0.39 is 0 Å². The quantitative estimate of drug-likeness (QED) is 0.530. The molecule has 1 fully saturated rings. The molecule has 4 heteroatoms. The minimum atomic E-state index is 0.0977. The van der Waals surface area contributed by atoms with Gasteiger partial charge in [0.15, 0.2) is 5.82 Å². The number of anilines is 1. The number of aromatic nitrogens is 2. The first kappa shape index (κ1) is 23.0. The summed E-state index contributed by atoms with van der Waals surface area (Å²) in [4.78, 5) is 22.9. The predicted octanol–water partition coefficient (Wildman–Crippen LogP) is 6.91. The number of aryl methyl sites for hydroxylation is 1. The number of rotatable bonds is 7. The molecule has 166 valence electrons. The molecule has 1 N–H and O–H groups in total. The molecule has 0 aliphatic heterocycles. The monoisotopic (exact) mass is 411 g/mol. The van der Waals surface area contributed by atoms with Gasteiger partial charge in [0.2, 0.25) is 5.91 Å². The Morgan fingerprint density at radius 2 is 1.87 bits per heavy atom. The third-order valence-corrected chi connectivity index (χ3v) is 6.95. The molecule has 30 heavy (non-hydrogen) atoms. The minimum absolute atomic E-state index is 0.0977. The maximum Gasteiger partial charge on any atom is 0.225 e. The summed E-state index contributed by atoms with van der Waals surface area (Å²) in [6.45, 7) is 11.1. The molecule has 2 atom stereocenters. The van der Waals surface area contributed by atoms with Crippen molar-refractivity contribution in [2.75, 3.05) is 5.32 Å². The van der Waals surface area contributed by atoms with Crippen molar-refractivity contribution in [2.45, 2.75) is 105 Å². The van der Waals surface area contributed by atoms with E-state index in [0.29, 0.717) is 35.9 Å². The van der Waals surface area contributed by atoms with Crippen LogP contribution in [0, 0.1) is 17.8 Å². The van der Waals surface area contributed by atoms with Crippen LogP contribution in [-0.4, -0.2) is 15.9 Å². The minimum Gasteiger partial charge on any atom is -0.309 e. The molecule has 1 heterocycles. The Hall–Kier alpha value is -1.71. The lowest BCUT2D eigenvalue weighted by atomic mass is 9.72. The molecule has 0 bridgehead atoms. The summed E-state index contributed by atoms with van der Waals surface area (Å²) in [6, 6.07) is 0. The Kier molecular flexibility index (Phi) is 8.07. The van der Waals surface area contributed by atoms with Crippen molar-refractivity contribution in [3.8, 4) is 0 Å². The highest BCUT2D eigenvalue weighted by atomic mass is 16.1. The molecule has 2 unspecified atom stereocenters. The summed E-state index contributed by atoms with van der Waals surface area (Å²) in [7, 11) is 0. The van der Waals surface area contributed by atoms with Crippen LogP contribution >= 0.6 is 0 Å². The first-order chi connectivity index (χ1) is 14.4. The third kappa shape index (κ3) is 5.70. The van der Waals surface area contributed by atoms with Gasteiger partial charge in [-0.2, -0.15) is 0 Å². The maximum absolute atomic E-state index is 12.8. The van der Waals surface area contributed by atoms with Crippen molar-refractivity contribution in [1.82, 2.24) is 9.97 Å². The zero-order valence-corrected chi connectivity index (χ0v) is 19.8. The smallest absolute Gasteiger partial charge is 0.225 e. The number of hydrogen-bond donors (Lipinski definition) is 1. The van der Waals surface area contributed by atoms with E-state index >= 15 is 0 Å². The lowest BCUT2D eigenvalue weighted by Crippen LogP contribution is -2.28. The van der Waals surface area contributed by atoms with E-state index in [-0.39, 0.29) is 5.91 Å². The van der Waals surface area contributed by atoms with Crippen molar-refractivity contribution in [3.63, 3.8) is 0 Å². The molecular formula is C26H41N3O. The summed E-state index contributed by atoms with van der Waals surface area (Å²) in [5.74, 6) is 3.07. The van der Waals surface area contributed by atoms with Crippen molar-refractivity contribution in [3.05, 3.63) is 22.7 Å². The molecule has 1 saturated carbocycles. The van der Waals surface area contributed by atoms with Crippen LogP contribution in [0.25, 0.3) is 6.08 Å². The molecule has 0 radical (unpaired) electrons. The summed E-state index contributed by atoms with van der Waals surface area (Å²) in [6.07, 6.45) is 13.3. The first-order valence-electron chi connectivity index (χ1n) is 12.2. The SMILES string of the molecule is CCCC1c2nc(C=C(C)C)c(NC(=O)CC3CCCCC3)nc2CCC1C(C)C. The first-order valence-corrected chi connectivity index (χ1v) is 12.2. The van der Waals surface area contributed by atoms with Crippen LogP contribution in [0.5, 0.6) is 0 Å². The average Bonchev–Trinajstić information content (AvgIpc) is 2.69.